The second-order valence-electron chi connectivity index (χ2n) is 6.75. The number of hydrogen-bond donors (Lipinski definition) is 1. The van der Waals surface area contributed by atoms with Gasteiger partial charge in [0.1, 0.15) is 19.3 Å². The zero-order valence-corrected chi connectivity index (χ0v) is 17.2. The number of benzene rings is 2. The van der Waals surface area contributed by atoms with E-state index in [4.69, 9.17) is 18.9 Å². The zero-order chi connectivity index (χ0) is 21.1. The van der Waals surface area contributed by atoms with Crippen LogP contribution in [-0.4, -0.2) is 52.7 Å². The molecule has 2 heterocycles. The Morgan fingerprint density at radius 1 is 1.07 bits per heavy atom. The summed E-state index contributed by atoms with van der Waals surface area (Å²) in [5.41, 5.74) is 0.336. The summed E-state index contributed by atoms with van der Waals surface area (Å²) in [5, 5.41) is 2.73. The molecular weight excluding hydrogens is 412 g/mol. The number of sulfonamides is 1. The maximum atomic E-state index is 12.6. The third kappa shape index (κ3) is 4.23. The van der Waals surface area contributed by atoms with Crippen molar-refractivity contribution in [3.63, 3.8) is 0 Å². The van der Waals surface area contributed by atoms with Crippen LogP contribution >= 0.6 is 0 Å². The molecule has 10 heteroatoms. The molecule has 0 fully saturated rings. The van der Waals surface area contributed by atoms with Gasteiger partial charge in [-0.25, -0.2) is 8.42 Å². The Hall–Kier alpha value is -3.14. The summed E-state index contributed by atoms with van der Waals surface area (Å²) in [7, 11) is -3.69. The number of carbonyl (C=O) groups excluding carboxylic acids is 1. The van der Waals surface area contributed by atoms with E-state index in [9.17, 15) is 13.2 Å². The van der Waals surface area contributed by atoms with Crippen LogP contribution in [-0.2, 0) is 14.8 Å². The topological polar surface area (TPSA) is 103 Å². The van der Waals surface area contributed by atoms with Gasteiger partial charge in [0.05, 0.1) is 18.0 Å². The minimum atomic E-state index is -3.69. The molecule has 2 aromatic carbocycles. The zero-order valence-electron chi connectivity index (χ0n) is 16.4. The van der Waals surface area contributed by atoms with E-state index >= 15 is 0 Å². The number of nitrogens with zero attached hydrogens (tertiary/aromatic N) is 1. The fraction of sp³-hybridized carbons (Fsp3) is 0.350. The first-order valence-electron chi connectivity index (χ1n) is 9.51. The van der Waals surface area contributed by atoms with Crippen molar-refractivity contribution in [2.45, 2.75) is 13.0 Å². The molecule has 0 unspecified atom stereocenters. The van der Waals surface area contributed by atoms with Gasteiger partial charge in [0.2, 0.25) is 22.7 Å². The number of anilines is 1. The van der Waals surface area contributed by atoms with E-state index in [0.717, 1.165) is 4.31 Å². The van der Waals surface area contributed by atoms with Crippen molar-refractivity contribution >= 4 is 21.6 Å². The first-order chi connectivity index (χ1) is 14.5. The van der Waals surface area contributed by atoms with Gasteiger partial charge in [-0.2, -0.15) is 0 Å². The summed E-state index contributed by atoms with van der Waals surface area (Å²) >= 11 is 0. The van der Waals surface area contributed by atoms with Gasteiger partial charge in [-0.15, -0.1) is 0 Å². The number of ether oxygens (including phenoxy) is 4. The number of hydrogen-bond acceptors (Lipinski definition) is 7. The van der Waals surface area contributed by atoms with Crippen molar-refractivity contribution < 1.29 is 32.2 Å². The van der Waals surface area contributed by atoms with E-state index in [1.807, 2.05) is 18.2 Å². The van der Waals surface area contributed by atoms with E-state index in [2.05, 4.69) is 5.32 Å². The molecule has 0 spiro atoms. The molecule has 160 valence electrons. The minimum Gasteiger partial charge on any atom is -0.486 e. The highest BCUT2D eigenvalue weighted by Crippen LogP contribution is 2.36. The van der Waals surface area contributed by atoms with Crippen molar-refractivity contribution in [3.8, 4) is 23.0 Å². The van der Waals surface area contributed by atoms with Crippen LogP contribution in [0.4, 0.5) is 5.69 Å². The Kier molecular flexibility index (Phi) is 5.58. The molecule has 0 saturated heterocycles. The van der Waals surface area contributed by atoms with E-state index in [0.29, 0.717) is 28.7 Å². The van der Waals surface area contributed by atoms with Gasteiger partial charge in [-0.05, 0) is 31.2 Å². The Morgan fingerprint density at radius 3 is 2.60 bits per heavy atom. The maximum absolute atomic E-state index is 12.6. The Balaban J connectivity index is 1.41. The average molecular weight is 434 g/mol. The van der Waals surface area contributed by atoms with Crippen molar-refractivity contribution in [1.29, 1.82) is 0 Å². The predicted molar refractivity (Wildman–Crippen MR) is 109 cm³/mol. The first-order valence-corrected chi connectivity index (χ1v) is 11.1. The van der Waals surface area contributed by atoms with Crippen molar-refractivity contribution in [3.05, 3.63) is 42.5 Å². The van der Waals surface area contributed by atoms with Gasteiger partial charge < -0.3 is 24.3 Å². The molecule has 0 aromatic heterocycles. The maximum Gasteiger partial charge on any atom is 0.240 e. The molecule has 0 bridgehead atoms. The summed E-state index contributed by atoms with van der Waals surface area (Å²) in [6.45, 7) is 1.72. The van der Waals surface area contributed by atoms with Crippen LogP contribution in [0.15, 0.2) is 42.5 Å². The van der Waals surface area contributed by atoms with Crippen molar-refractivity contribution in [1.82, 2.24) is 5.32 Å². The molecular formula is C20H22N2O7S. The molecule has 1 atom stereocenters. The lowest BCUT2D eigenvalue weighted by atomic mass is 10.2. The molecule has 4 rings (SSSR count). The number of amides is 1. The lowest BCUT2D eigenvalue weighted by molar-refractivity contribution is -0.120. The molecule has 1 amide bonds. The highest BCUT2D eigenvalue weighted by atomic mass is 32.2. The van der Waals surface area contributed by atoms with Crippen LogP contribution in [0.2, 0.25) is 0 Å². The molecule has 2 aliphatic rings. The summed E-state index contributed by atoms with van der Waals surface area (Å²) in [4.78, 5) is 12.5. The Labute approximate surface area is 174 Å². The van der Waals surface area contributed by atoms with E-state index in [1.165, 1.54) is 6.92 Å². The molecule has 2 aromatic rings. The third-order valence-corrected chi connectivity index (χ3v) is 6.47. The van der Waals surface area contributed by atoms with Crippen LogP contribution < -0.4 is 28.6 Å². The van der Waals surface area contributed by atoms with Gasteiger partial charge in [0.25, 0.3) is 0 Å². The summed E-state index contributed by atoms with van der Waals surface area (Å²) in [5.74, 6) is 1.64. The Morgan fingerprint density at radius 2 is 1.80 bits per heavy atom. The predicted octanol–water partition coefficient (Wildman–Crippen LogP) is 1.53. The third-order valence-electron chi connectivity index (χ3n) is 4.73. The fourth-order valence-corrected chi connectivity index (χ4v) is 4.18. The van der Waals surface area contributed by atoms with Crippen LogP contribution in [0.3, 0.4) is 0 Å². The van der Waals surface area contributed by atoms with E-state index < -0.39 is 15.9 Å². The van der Waals surface area contributed by atoms with Crippen LogP contribution in [0, 0.1) is 0 Å². The number of rotatable bonds is 7. The molecule has 0 aliphatic carbocycles. The number of fused-ring (bicyclic) bond motifs is 2. The van der Waals surface area contributed by atoms with Crippen molar-refractivity contribution in [2.75, 3.05) is 36.5 Å². The van der Waals surface area contributed by atoms with Gasteiger partial charge in [-0.1, -0.05) is 12.1 Å². The highest BCUT2D eigenvalue weighted by molar-refractivity contribution is 7.92. The summed E-state index contributed by atoms with van der Waals surface area (Å²) in [6.07, 6.45) is -0.370. The van der Waals surface area contributed by atoms with Gasteiger partial charge in [0, 0.05) is 6.07 Å². The fourth-order valence-electron chi connectivity index (χ4n) is 3.12. The van der Waals surface area contributed by atoms with Gasteiger partial charge in [0.15, 0.2) is 23.0 Å². The van der Waals surface area contributed by atoms with E-state index in [1.54, 1.807) is 24.3 Å². The quantitative estimate of drug-likeness (QED) is 0.705. The molecule has 9 nitrogen and oxygen atoms in total. The summed E-state index contributed by atoms with van der Waals surface area (Å²) < 4.78 is 48.3. The van der Waals surface area contributed by atoms with Crippen LogP contribution in [0.5, 0.6) is 23.0 Å². The van der Waals surface area contributed by atoms with Crippen LogP contribution in [0.1, 0.15) is 6.92 Å². The molecule has 2 aliphatic heterocycles. The standard InChI is InChI=1S/C20H22N2O7S/c1-2-30(24,25)22(14-7-8-17-19(9-14)28-13-27-17)11-20(23)21-10-15-12-26-16-5-3-4-6-18(16)29-15/h3-9,15H,2,10-13H2,1H3,(H,21,23)/t15-/m1/s1. The second kappa shape index (κ2) is 8.31. The van der Waals surface area contributed by atoms with Crippen molar-refractivity contribution in [2.24, 2.45) is 0 Å². The monoisotopic (exact) mass is 434 g/mol. The molecule has 0 saturated carbocycles. The number of carbonyl (C=O) groups is 1. The highest BCUT2D eigenvalue weighted by Gasteiger charge is 2.27. The van der Waals surface area contributed by atoms with Gasteiger partial charge in [-0.3, -0.25) is 9.10 Å². The summed E-state index contributed by atoms with van der Waals surface area (Å²) in [6, 6.07) is 12.0. The molecule has 1 N–H and O–H groups in total. The second-order valence-corrected chi connectivity index (χ2v) is 8.93. The SMILES string of the molecule is CCS(=O)(=O)N(CC(=O)NC[C@@H]1COc2ccccc2O1)c1ccc2c(c1)OCO2. The molecule has 30 heavy (non-hydrogen) atoms. The molecule has 0 radical (unpaired) electrons. The van der Waals surface area contributed by atoms with Gasteiger partial charge >= 0.3 is 0 Å². The van der Waals surface area contributed by atoms with Crippen LogP contribution in [0.25, 0.3) is 0 Å². The van der Waals surface area contributed by atoms with E-state index in [-0.39, 0.29) is 38.3 Å². The minimum absolute atomic E-state index is 0.0758. The number of para-hydroxylation sites is 2. The first kappa shape index (κ1) is 20.1. The normalized spacial score (nSPS) is 16.8. The smallest absolute Gasteiger partial charge is 0.240 e. The lowest BCUT2D eigenvalue weighted by Gasteiger charge is -2.27. The largest absolute Gasteiger partial charge is 0.486 e. The average Bonchev–Trinajstić information content (AvgIpc) is 3.23. The lowest BCUT2D eigenvalue weighted by Crippen LogP contribution is -2.46. The Bertz CT molecular complexity index is 1040. The number of nitrogens with one attached hydrogen (secondary N) is 1.